The van der Waals surface area contributed by atoms with Crippen molar-refractivity contribution in [3.8, 4) is 6.07 Å². The first kappa shape index (κ1) is 27.4. The number of nitrogens with one attached hydrogen (secondary N) is 1. The van der Waals surface area contributed by atoms with Crippen molar-refractivity contribution in [2.45, 2.75) is 104 Å². The number of hydrogen-bond donors (Lipinski definition) is 2. The third-order valence-corrected chi connectivity index (χ3v) is 4.77. The van der Waals surface area contributed by atoms with Gasteiger partial charge >= 0.3 is 12.1 Å². The molecule has 9 nitrogen and oxygen atoms in total. The molecule has 0 radical (unpaired) electrons. The Bertz CT molecular complexity index is 759. The average molecular weight is 452 g/mol. The van der Waals surface area contributed by atoms with E-state index in [-0.39, 0.29) is 12.8 Å². The topological polar surface area (TPSA) is 129 Å². The van der Waals surface area contributed by atoms with E-state index in [1.54, 1.807) is 54.5 Å². The van der Waals surface area contributed by atoms with Crippen molar-refractivity contribution in [1.82, 2.24) is 10.2 Å². The number of carbonyl (C=O) groups is 3. The summed E-state index contributed by atoms with van der Waals surface area (Å²) in [6.07, 6.45) is 1.54. The monoisotopic (exact) mass is 451 g/mol. The average Bonchev–Trinajstić information content (AvgIpc) is 2.96. The van der Waals surface area contributed by atoms with E-state index in [2.05, 4.69) is 5.32 Å². The molecule has 0 aliphatic carbocycles. The zero-order chi connectivity index (χ0) is 24.9. The van der Waals surface area contributed by atoms with Crippen LogP contribution >= 0.6 is 0 Å². The van der Waals surface area contributed by atoms with Crippen LogP contribution in [0, 0.1) is 17.2 Å². The molecule has 0 bridgehead atoms. The highest BCUT2D eigenvalue weighted by Crippen LogP contribution is 2.37. The van der Waals surface area contributed by atoms with E-state index in [9.17, 15) is 19.5 Å². The SMILES string of the molecule is C/C=C\[C@@H]1C[C@H](C(=O)OC(C)(C)C)N(C(=O)OC(C)(C)C)[C@H]1[C@@H](NC(C)=O)[C@@H](O)CC#N. The molecule has 32 heavy (non-hydrogen) atoms. The summed E-state index contributed by atoms with van der Waals surface area (Å²) in [5.74, 6) is -1.43. The van der Waals surface area contributed by atoms with Gasteiger partial charge in [-0.25, -0.2) is 9.59 Å². The molecule has 0 saturated carbocycles. The third-order valence-electron chi connectivity index (χ3n) is 4.77. The summed E-state index contributed by atoms with van der Waals surface area (Å²) in [6, 6.07) is -0.912. The molecule has 1 aliphatic heterocycles. The molecule has 1 heterocycles. The van der Waals surface area contributed by atoms with Crippen molar-refractivity contribution in [1.29, 1.82) is 5.26 Å². The summed E-state index contributed by atoms with van der Waals surface area (Å²) in [5.41, 5.74) is -1.62. The minimum atomic E-state index is -1.26. The number of nitrogens with zero attached hydrogens (tertiary/aromatic N) is 2. The van der Waals surface area contributed by atoms with Crippen molar-refractivity contribution < 1.29 is 29.0 Å². The van der Waals surface area contributed by atoms with Crippen LogP contribution < -0.4 is 5.32 Å². The summed E-state index contributed by atoms with van der Waals surface area (Å²) < 4.78 is 11.1. The number of rotatable bonds is 6. The van der Waals surface area contributed by atoms with Gasteiger partial charge in [0.25, 0.3) is 0 Å². The van der Waals surface area contributed by atoms with Crippen LogP contribution in [0.4, 0.5) is 4.79 Å². The Morgan fingerprint density at radius 2 is 1.75 bits per heavy atom. The van der Waals surface area contributed by atoms with Gasteiger partial charge < -0.3 is 19.9 Å². The quantitative estimate of drug-likeness (QED) is 0.469. The molecule has 1 rings (SSSR count). The Morgan fingerprint density at radius 1 is 1.19 bits per heavy atom. The van der Waals surface area contributed by atoms with E-state index in [0.717, 1.165) is 0 Å². The Labute approximate surface area is 190 Å². The third kappa shape index (κ3) is 7.83. The minimum absolute atomic E-state index is 0.221. The molecule has 1 aliphatic rings. The largest absolute Gasteiger partial charge is 0.458 e. The lowest BCUT2D eigenvalue weighted by Crippen LogP contribution is -2.60. The molecule has 2 N–H and O–H groups in total. The van der Waals surface area contributed by atoms with Crippen LogP contribution in [0.25, 0.3) is 0 Å². The molecule has 0 unspecified atom stereocenters. The maximum absolute atomic E-state index is 13.3. The fourth-order valence-electron chi connectivity index (χ4n) is 3.81. The fraction of sp³-hybridized carbons (Fsp3) is 0.739. The molecular weight excluding hydrogens is 414 g/mol. The Hall–Kier alpha value is -2.60. The Morgan fingerprint density at radius 3 is 2.19 bits per heavy atom. The first-order valence-electron chi connectivity index (χ1n) is 10.8. The van der Waals surface area contributed by atoms with Crippen molar-refractivity contribution in [2.75, 3.05) is 0 Å². The van der Waals surface area contributed by atoms with E-state index >= 15 is 0 Å². The molecule has 1 fully saturated rings. The molecule has 0 aromatic heterocycles. The van der Waals surface area contributed by atoms with Gasteiger partial charge in [0.15, 0.2) is 0 Å². The highest BCUT2D eigenvalue weighted by molar-refractivity contribution is 5.83. The van der Waals surface area contributed by atoms with Crippen LogP contribution in [0.5, 0.6) is 0 Å². The van der Waals surface area contributed by atoms with Gasteiger partial charge in [0, 0.05) is 12.8 Å². The van der Waals surface area contributed by atoms with E-state index in [0.29, 0.717) is 0 Å². The van der Waals surface area contributed by atoms with Crippen LogP contribution in [-0.4, -0.2) is 63.4 Å². The summed E-state index contributed by atoms with van der Waals surface area (Å²) in [5, 5.41) is 22.5. The maximum atomic E-state index is 13.3. The Balaban J connectivity index is 3.57. The number of allylic oxidation sites excluding steroid dienone is 1. The van der Waals surface area contributed by atoms with E-state index in [4.69, 9.17) is 14.7 Å². The van der Waals surface area contributed by atoms with Gasteiger partial charge in [-0.1, -0.05) is 12.2 Å². The molecular formula is C23H37N3O6. The van der Waals surface area contributed by atoms with E-state index in [1.807, 2.05) is 12.1 Å². The van der Waals surface area contributed by atoms with Crippen molar-refractivity contribution in [2.24, 2.45) is 5.92 Å². The van der Waals surface area contributed by atoms with Crippen molar-refractivity contribution in [3.05, 3.63) is 12.2 Å². The number of likely N-dealkylation sites (tertiary alicyclic amines) is 1. The minimum Gasteiger partial charge on any atom is -0.458 e. The van der Waals surface area contributed by atoms with Gasteiger partial charge in [-0.05, 0) is 54.9 Å². The number of esters is 1. The van der Waals surface area contributed by atoms with Crippen LogP contribution in [0.3, 0.4) is 0 Å². The highest BCUT2D eigenvalue weighted by atomic mass is 16.6. The molecule has 0 aromatic rings. The van der Waals surface area contributed by atoms with E-state index in [1.165, 1.54) is 11.8 Å². The van der Waals surface area contributed by atoms with Gasteiger partial charge in [-0.2, -0.15) is 5.26 Å². The number of aliphatic hydroxyl groups excluding tert-OH is 1. The number of nitriles is 1. The lowest BCUT2D eigenvalue weighted by molar-refractivity contribution is -0.160. The summed E-state index contributed by atoms with van der Waals surface area (Å²) in [6.45, 7) is 13.4. The summed E-state index contributed by atoms with van der Waals surface area (Å²) in [7, 11) is 0. The molecule has 2 amide bonds. The second-order valence-corrected chi connectivity index (χ2v) is 10.0. The first-order chi connectivity index (χ1) is 14.6. The zero-order valence-electron chi connectivity index (χ0n) is 20.3. The van der Waals surface area contributed by atoms with E-state index < -0.39 is 59.3 Å². The molecule has 0 spiro atoms. The molecule has 0 aromatic carbocycles. The number of hydrogen-bond acceptors (Lipinski definition) is 7. The van der Waals surface area contributed by atoms with Crippen LogP contribution in [-0.2, 0) is 19.1 Å². The summed E-state index contributed by atoms with van der Waals surface area (Å²) in [4.78, 5) is 39.6. The normalized spacial score (nSPS) is 23.4. The fourth-order valence-corrected chi connectivity index (χ4v) is 3.81. The lowest BCUT2D eigenvalue weighted by atomic mass is 9.89. The number of aliphatic hydroxyl groups is 1. The Kier molecular flexibility index (Phi) is 9.27. The van der Waals surface area contributed by atoms with Crippen LogP contribution in [0.1, 0.15) is 68.2 Å². The highest BCUT2D eigenvalue weighted by Gasteiger charge is 2.53. The summed E-state index contributed by atoms with van der Waals surface area (Å²) >= 11 is 0. The first-order valence-corrected chi connectivity index (χ1v) is 10.8. The number of carbonyl (C=O) groups excluding carboxylic acids is 3. The smallest absolute Gasteiger partial charge is 0.411 e. The van der Waals surface area contributed by atoms with Crippen LogP contribution in [0.2, 0.25) is 0 Å². The van der Waals surface area contributed by atoms with Gasteiger partial charge in [0.05, 0.1) is 30.7 Å². The number of amides is 2. The molecule has 5 atom stereocenters. The predicted molar refractivity (Wildman–Crippen MR) is 118 cm³/mol. The standard InChI is InChI=1S/C23H37N3O6/c1-9-10-15-13-16(20(29)31-22(3,4)5)26(21(30)32-23(6,7)8)19(15)18(25-14(2)27)17(28)11-12-24/h9-10,15-19,28H,11,13H2,1-8H3,(H,25,27)/b10-9-/t15-,16-,17+,18+,19-/m1/s1. The predicted octanol–water partition coefficient (Wildman–Crippen LogP) is 2.68. The van der Waals surface area contributed by atoms with Crippen molar-refractivity contribution >= 4 is 18.0 Å². The molecule has 180 valence electrons. The second-order valence-electron chi connectivity index (χ2n) is 10.0. The van der Waals surface area contributed by atoms with Crippen molar-refractivity contribution in [3.63, 3.8) is 0 Å². The van der Waals surface area contributed by atoms with Gasteiger partial charge in [0.2, 0.25) is 5.91 Å². The molecule has 1 saturated heterocycles. The van der Waals surface area contributed by atoms with Gasteiger partial charge in [-0.3, -0.25) is 9.69 Å². The lowest BCUT2D eigenvalue weighted by Gasteiger charge is -2.38. The second kappa shape index (κ2) is 10.8. The van der Waals surface area contributed by atoms with Gasteiger partial charge in [0.1, 0.15) is 17.2 Å². The zero-order valence-corrected chi connectivity index (χ0v) is 20.3. The number of ether oxygens (including phenoxy) is 2. The molecule has 9 heteroatoms. The van der Waals surface area contributed by atoms with Gasteiger partial charge in [-0.15, -0.1) is 0 Å². The maximum Gasteiger partial charge on any atom is 0.411 e. The van der Waals surface area contributed by atoms with Crippen LogP contribution in [0.15, 0.2) is 12.2 Å².